The van der Waals surface area contributed by atoms with Gasteiger partial charge in [0, 0.05) is 0 Å². The van der Waals surface area contributed by atoms with Crippen LogP contribution in [0.5, 0.6) is 0 Å². The lowest BCUT2D eigenvalue weighted by Gasteiger charge is -2.15. The largest absolute Gasteiger partial charge is 0.389 e. The lowest BCUT2D eigenvalue weighted by Crippen LogP contribution is -2.26. The summed E-state index contributed by atoms with van der Waals surface area (Å²) in [6.07, 6.45) is 4.82. The molecule has 0 saturated heterocycles. The highest BCUT2D eigenvalue weighted by Crippen LogP contribution is 2.11. The molecular weight excluding hydrogens is 384 g/mol. The molecule has 0 aliphatic heterocycles. The predicted molar refractivity (Wildman–Crippen MR) is 97.4 cm³/mol. The third-order valence-electron chi connectivity index (χ3n) is 2.40. The fourth-order valence-corrected chi connectivity index (χ4v) is 1.27. The summed E-state index contributed by atoms with van der Waals surface area (Å²) in [6, 6.07) is 0. The maximum atomic E-state index is 10.3. The van der Waals surface area contributed by atoms with Crippen LogP contribution in [0.2, 0.25) is 0 Å². The molecular formula is C14H23ClN6O6. The summed E-state index contributed by atoms with van der Waals surface area (Å²) >= 11 is 5.23. The molecule has 152 valence electrons. The summed E-state index contributed by atoms with van der Waals surface area (Å²) < 4.78 is 1.35. The van der Waals surface area contributed by atoms with Crippen molar-refractivity contribution in [3.05, 3.63) is 45.0 Å². The van der Waals surface area contributed by atoms with Crippen LogP contribution in [0.3, 0.4) is 0 Å². The number of rotatable bonds is 5. The molecule has 27 heavy (non-hydrogen) atoms. The van der Waals surface area contributed by atoms with E-state index in [2.05, 4.69) is 15.3 Å². The molecule has 0 spiro atoms. The third kappa shape index (κ3) is 12.4. The predicted octanol–water partition coefficient (Wildman–Crippen LogP) is 1.88. The van der Waals surface area contributed by atoms with Gasteiger partial charge in [0.1, 0.15) is 18.6 Å². The molecule has 0 aromatic carbocycles. The van der Waals surface area contributed by atoms with Crippen LogP contribution in [-0.2, 0) is 6.54 Å². The molecule has 3 N–H and O–H groups in total. The zero-order chi connectivity index (χ0) is 21.3. The quantitative estimate of drug-likeness (QED) is 0.383. The molecule has 0 unspecified atom stereocenters. The van der Waals surface area contributed by atoms with Gasteiger partial charge in [-0.3, -0.25) is 30.0 Å². The van der Waals surface area contributed by atoms with Gasteiger partial charge in [-0.25, -0.2) is 0 Å². The monoisotopic (exact) mass is 406 g/mol. The standard InChI is InChI=1S/C7H11N3O3.C4H9ClO.C3H3N3O2/c1-7(2,11)5-9-4-6(3-8-9)10(12)13;1-4(2,6)3-5;7-6(8)3-1-4-5-2-3/h3-4,11H,5H2,1-2H3;6H,3H2,1-2H3;1-2H,(H,4,5). The van der Waals surface area contributed by atoms with Gasteiger partial charge in [0.2, 0.25) is 0 Å². The summed E-state index contributed by atoms with van der Waals surface area (Å²) in [5, 5.41) is 47.6. The highest BCUT2D eigenvalue weighted by molar-refractivity contribution is 6.18. The molecule has 0 saturated carbocycles. The summed E-state index contributed by atoms with van der Waals surface area (Å²) in [7, 11) is 0. The minimum Gasteiger partial charge on any atom is -0.389 e. The van der Waals surface area contributed by atoms with Crippen LogP contribution in [0.1, 0.15) is 27.7 Å². The second-order valence-electron chi connectivity index (χ2n) is 6.63. The topological polar surface area (TPSA) is 173 Å². The molecule has 13 heteroatoms. The number of H-pyrrole nitrogens is 1. The van der Waals surface area contributed by atoms with Crippen molar-refractivity contribution < 1.29 is 20.1 Å². The Kier molecular flexibility index (Phi) is 9.54. The second-order valence-corrected chi connectivity index (χ2v) is 6.89. The van der Waals surface area contributed by atoms with E-state index >= 15 is 0 Å². The number of alkyl halides is 1. The van der Waals surface area contributed by atoms with Crippen LogP contribution in [0.4, 0.5) is 11.4 Å². The Bertz CT molecular complexity index is 704. The molecule has 2 aromatic rings. The molecule has 0 aliphatic rings. The van der Waals surface area contributed by atoms with Crippen molar-refractivity contribution in [1.82, 2.24) is 20.0 Å². The Morgan fingerprint density at radius 2 is 1.63 bits per heavy atom. The molecule has 0 radical (unpaired) electrons. The fraction of sp³-hybridized carbons (Fsp3) is 0.571. The first-order valence-corrected chi connectivity index (χ1v) is 8.09. The van der Waals surface area contributed by atoms with Crippen LogP contribution in [0, 0.1) is 20.2 Å². The second kappa shape index (κ2) is 10.5. The van der Waals surface area contributed by atoms with Crippen LogP contribution >= 0.6 is 11.6 Å². The molecule has 2 aromatic heterocycles. The van der Waals surface area contributed by atoms with Gasteiger partial charge >= 0.3 is 11.4 Å². The van der Waals surface area contributed by atoms with Gasteiger partial charge in [0.05, 0.1) is 39.7 Å². The Hall–Kier alpha value is -2.57. The first kappa shape index (κ1) is 24.4. The zero-order valence-corrected chi connectivity index (χ0v) is 16.1. The van der Waals surface area contributed by atoms with Crippen molar-refractivity contribution in [1.29, 1.82) is 0 Å². The van der Waals surface area contributed by atoms with E-state index in [0.717, 1.165) is 12.4 Å². The number of hydrogen-bond acceptors (Lipinski definition) is 8. The minimum absolute atomic E-state index is 0.00926. The van der Waals surface area contributed by atoms with E-state index in [9.17, 15) is 25.3 Å². The van der Waals surface area contributed by atoms with E-state index in [4.69, 9.17) is 16.7 Å². The molecule has 2 heterocycles. The number of nitro groups is 2. The van der Waals surface area contributed by atoms with Crippen molar-refractivity contribution in [2.75, 3.05) is 5.88 Å². The van der Waals surface area contributed by atoms with Crippen LogP contribution < -0.4 is 0 Å². The van der Waals surface area contributed by atoms with Gasteiger partial charge in [-0.2, -0.15) is 10.2 Å². The maximum Gasteiger partial charge on any atom is 0.306 e. The number of aromatic nitrogens is 4. The summed E-state index contributed by atoms with van der Waals surface area (Å²) in [5.41, 5.74) is -1.68. The van der Waals surface area contributed by atoms with Crippen molar-refractivity contribution in [3.63, 3.8) is 0 Å². The lowest BCUT2D eigenvalue weighted by molar-refractivity contribution is -0.385. The molecule has 0 bridgehead atoms. The average Bonchev–Trinajstić information content (AvgIpc) is 3.17. The Morgan fingerprint density at radius 3 is 1.89 bits per heavy atom. The number of aliphatic hydroxyl groups is 2. The van der Waals surface area contributed by atoms with Crippen LogP contribution in [0.25, 0.3) is 0 Å². The first-order chi connectivity index (χ1) is 12.2. The number of nitrogens with one attached hydrogen (secondary N) is 1. The summed E-state index contributed by atoms with van der Waals surface area (Å²) in [4.78, 5) is 19.0. The third-order valence-corrected chi connectivity index (χ3v) is 3.06. The summed E-state index contributed by atoms with van der Waals surface area (Å²) in [6.45, 7) is 6.79. The van der Waals surface area contributed by atoms with E-state index in [1.165, 1.54) is 17.1 Å². The Morgan fingerprint density at radius 1 is 1.11 bits per heavy atom. The SMILES string of the molecule is CC(C)(O)CCl.CC(C)(O)Cn1cc([N+](=O)[O-])cn1.O=[N+]([O-])c1cn[nH]c1. The molecule has 0 aliphatic carbocycles. The van der Waals surface area contributed by atoms with E-state index in [1.54, 1.807) is 27.7 Å². The zero-order valence-electron chi connectivity index (χ0n) is 15.4. The number of halogens is 1. The molecule has 12 nitrogen and oxygen atoms in total. The van der Waals surface area contributed by atoms with E-state index < -0.39 is 21.0 Å². The molecule has 0 fully saturated rings. The van der Waals surface area contributed by atoms with Crippen LogP contribution in [0.15, 0.2) is 24.8 Å². The van der Waals surface area contributed by atoms with E-state index in [0.29, 0.717) is 5.88 Å². The van der Waals surface area contributed by atoms with Crippen LogP contribution in [-0.4, -0.2) is 57.1 Å². The van der Waals surface area contributed by atoms with Gasteiger partial charge < -0.3 is 10.2 Å². The van der Waals surface area contributed by atoms with Crippen molar-refractivity contribution >= 4 is 23.0 Å². The Labute approximate surface area is 160 Å². The van der Waals surface area contributed by atoms with E-state index in [-0.39, 0.29) is 17.9 Å². The van der Waals surface area contributed by atoms with Gasteiger partial charge in [-0.1, -0.05) is 0 Å². The highest BCUT2D eigenvalue weighted by atomic mass is 35.5. The number of hydrogen-bond donors (Lipinski definition) is 3. The maximum absolute atomic E-state index is 10.3. The van der Waals surface area contributed by atoms with Gasteiger partial charge in [-0.05, 0) is 27.7 Å². The van der Waals surface area contributed by atoms with Crippen molar-refractivity contribution in [3.8, 4) is 0 Å². The molecule has 2 rings (SSSR count). The smallest absolute Gasteiger partial charge is 0.306 e. The first-order valence-electron chi connectivity index (χ1n) is 7.56. The molecule has 0 amide bonds. The minimum atomic E-state index is -0.917. The number of aromatic amines is 1. The van der Waals surface area contributed by atoms with Crippen molar-refractivity contribution in [2.45, 2.75) is 45.4 Å². The lowest BCUT2D eigenvalue weighted by atomic mass is 10.1. The normalized spacial score (nSPS) is 10.9. The van der Waals surface area contributed by atoms with Crippen molar-refractivity contribution in [2.24, 2.45) is 0 Å². The number of nitrogens with zero attached hydrogens (tertiary/aromatic N) is 5. The average molecular weight is 407 g/mol. The van der Waals surface area contributed by atoms with Gasteiger partial charge in [0.25, 0.3) is 0 Å². The van der Waals surface area contributed by atoms with E-state index in [1.807, 2.05) is 0 Å². The highest BCUT2D eigenvalue weighted by Gasteiger charge is 2.16. The van der Waals surface area contributed by atoms with Gasteiger partial charge in [0.15, 0.2) is 0 Å². The Balaban J connectivity index is 0.000000413. The fourth-order valence-electron chi connectivity index (χ4n) is 1.27. The van der Waals surface area contributed by atoms with Gasteiger partial charge in [-0.15, -0.1) is 11.6 Å². The summed E-state index contributed by atoms with van der Waals surface area (Å²) in [5.74, 6) is 0.299. The molecule has 0 atom stereocenters.